The molecule has 0 spiro atoms. The zero-order chi connectivity index (χ0) is 18.6. The highest BCUT2D eigenvalue weighted by atomic mass is 16.5. The van der Waals surface area contributed by atoms with Crippen molar-refractivity contribution in [1.82, 2.24) is 5.32 Å². The summed E-state index contributed by atoms with van der Waals surface area (Å²) >= 11 is 0. The zero-order valence-electron chi connectivity index (χ0n) is 15.3. The molecule has 1 atom stereocenters. The topological polar surface area (TPSA) is 66.0 Å². The minimum Gasteiger partial charge on any atom is -0.490 e. The van der Waals surface area contributed by atoms with Gasteiger partial charge < -0.3 is 24.3 Å². The molecule has 27 heavy (non-hydrogen) atoms. The highest BCUT2D eigenvalue weighted by molar-refractivity contribution is 5.95. The molecule has 6 heteroatoms. The van der Waals surface area contributed by atoms with Gasteiger partial charge in [-0.3, -0.25) is 4.79 Å². The van der Waals surface area contributed by atoms with Gasteiger partial charge in [0.1, 0.15) is 0 Å². The lowest BCUT2D eigenvalue weighted by Crippen LogP contribution is -2.26. The monoisotopic (exact) mass is 369 g/mol. The Morgan fingerprint density at radius 3 is 2.04 bits per heavy atom. The number of ether oxygens (including phenoxy) is 4. The van der Waals surface area contributed by atoms with Crippen LogP contribution in [0.15, 0.2) is 36.4 Å². The third-order valence-corrected chi connectivity index (χ3v) is 4.63. The van der Waals surface area contributed by atoms with Gasteiger partial charge in [0.25, 0.3) is 5.91 Å². The highest BCUT2D eigenvalue weighted by Gasteiger charge is 2.18. The van der Waals surface area contributed by atoms with Crippen LogP contribution in [0.1, 0.15) is 41.7 Å². The largest absolute Gasteiger partial charge is 0.490 e. The minimum absolute atomic E-state index is 0.162. The minimum atomic E-state index is -0.175. The number of hydrogen-bond acceptors (Lipinski definition) is 5. The van der Waals surface area contributed by atoms with Crippen molar-refractivity contribution in [2.24, 2.45) is 0 Å². The second kappa shape index (κ2) is 7.78. The highest BCUT2D eigenvalue weighted by Crippen LogP contribution is 2.33. The lowest BCUT2D eigenvalue weighted by molar-refractivity contribution is 0.0939. The van der Waals surface area contributed by atoms with Gasteiger partial charge in [-0.25, -0.2) is 0 Å². The third kappa shape index (κ3) is 3.94. The van der Waals surface area contributed by atoms with E-state index in [-0.39, 0.29) is 11.9 Å². The maximum absolute atomic E-state index is 12.7. The SMILES string of the molecule is CC(NC(=O)c1ccc2c(c1)OCCCO2)c1ccc2c(c1)OCCCO2. The lowest BCUT2D eigenvalue weighted by atomic mass is 10.1. The molecule has 1 unspecified atom stereocenters. The normalized spacial score (nSPS) is 16.6. The number of rotatable bonds is 3. The van der Waals surface area contributed by atoms with Crippen LogP contribution in [0.25, 0.3) is 0 Å². The van der Waals surface area contributed by atoms with Crippen molar-refractivity contribution >= 4 is 5.91 Å². The summed E-state index contributed by atoms with van der Waals surface area (Å²) in [5, 5.41) is 3.03. The first-order valence-electron chi connectivity index (χ1n) is 9.31. The predicted octanol–water partition coefficient (Wildman–Crippen LogP) is 3.50. The van der Waals surface area contributed by atoms with Crippen LogP contribution in [-0.4, -0.2) is 32.3 Å². The van der Waals surface area contributed by atoms with Crippen molar-refractivity contribution in [2.75, 3.05) is 26.4 Å². The van der Waals surface area contributed by atoms with Crippen LogP contribution in [-0.2, 0) is 0 Å². The van der Waals surface area contributed by atoms with Gasteiger partial charge >= 0.3 is 0 Å². The molecule has 0 radical (unpaired) electrons. The summed E-state index contributed by atoms with van der Waals surface area (Å²) in [6, 6.07) is 10.9. The molecule has 0 saturated heterocycles. The zero-order valence-corrected chi connectivity index (χ0v) is 15.3. The van der Waals surface area contributed by atoms with E-state index in [1.54, 1.807) is 18.2 Å². The van der Waals surface area contributed by atoms with Crippen molar-refractivity contribution in [3.8, 4) is 23.0 Å². The second-order valence-corrected chi connectivity index (χ2v) is 6.66. The van der Waals surface area contributed by atoms with Crippen molar-refractivity contribution in [1.29, 1.82) is 0 Å². The van der Waals surface area contributed by atoms with Gasteiger partial charge in [0.15, 0.2) is 23.0 Å². The average Bonchev–Trinajstić information content (AvgIpc) is 3.06. The maximum Gasteiger partial charge on any atom is 0.251 e. The number of carbonyl (C=O) groups excluding carboxylic acids is 1. The fourth-order valence-corrected chi connectivity index (χ4v) is 3.12. The summed E-state index contributed by atoms with van der Waals surface area (Å²) in [6.07, 6.45) is 1.69. The second-order valence-electron chi connectivity index (χ2n) is 6.66. The van der Waals surface area contributed by atoms with E-state index < -0.39 is 0 Å². The summed E-state index contributed by atoms with van der Waals surface area (Å²) in [6.45, 7) is 4.45. The Morgan fingerprint density at radius 1 is 0.815 bits per heavy atom. The number of carbonyl (C=O) groups is 1. The molecule has 1 N–H and O–H groups in total. The number of amides is 1. The van der Waals surface area contributed by atoms with Gasteiger partial charge in [-0.15, -0.1) is 0 Å². The van der Waals surface area contributed by atoms with Crippen molar-refractivity contribution in [3.63, 3.8) is 0 Å². The molecule has 2 heterocycles. The van der Waals surface area contributed by atoms with E-state index in [4.69, 9.17) is 18.9 Å². The first-order chi connectivity index (χ1) is 13.2. The van der Waals surface area contributed by atoms with E-state index in [2.05, 4.69) is 5.32 Å². The molecule has 0 bridgehead atoms. The Kier molecular flexibility index (Phi) is 5.05. The van der Waals surface area contributed by atoms with Crippen LogP contribution in [0.3, 0.4) is 0 Å². The van der Waals surface area contributed by atoms with Crippen LogP contribution >= 0.6 is 0 Å². The fraction of sp³-hybridized carbons (Fsp3) is 0.381. The van der Waals surface area contributed by atoms with Gasteiger partial charge in [0.2, 0.25) is 0 Å². The molecule has 1 amide bonds. The lowest BCUT2D eigenvalue weighted by Gasteiger charge is -2.17. The molecule has 0 aromatic heterocycles. The summed E-state index contributed by atoms with van der Waals surface area (Å²) in [4.78, 5) is 12.7. The molecule has 6 nitrogen and oxygen atoms in total. The Hall–Kier alpha value is -2.89. The summed E-state index contributed by atoms with van der Waals surface area (Å²) in [5.74, 6) is 2.60. The molecule has 0 aliphatic carbocycles. The first-order valence-corrected chi connectivity index (χ1v) is 9.31. The molecule has 142 valence electrons. The number of fused-ring (bicyclic) bond motifs is 2. The van der Waals surface area contributed by atoms with Crippen LogP contribution in [0.2, 0.25) is 0 Å². The Labute approximate surface area is 158 Å². The van der Waals surface area contributed by atoms with Crippen molar-refractivity contribution in [2.45, 2.75) is 25.8 Å². The Balaban J connectivity index is 1.48. The van der Waals surface area contributed by atoms with Crippen molar-refractivity contribution < 1.29 is 23.7 Å². The Morgan fingerprint density at radius 2 is 1.37 bits per heavy atom. The molecule has 2 aromatic carbocycles. The van der Waals surface area contributed by atoms with Gasteiger partial charge in [-0.2, -0.15) is 0 Å². The molecule has 2 aliphatic rings. The number of hydrogen-bond donors (Lipinski definition) is 1. The summed E-state index contributed by atoms with van der Waals surface area (Å²) in [7, 11) is 0. The smallest absolute Gasteiger partial charge is 0.251 e. The van der Waals surface area contributed by atoms with E-state index in [1.807, 2.05) is 25.1 Å². The van der Waals surface area contributed by atoms with E-state index >= 15 is 0 Å². The molecule has 0 saturated carbocycles. The van der Waals surface area contributed by atoms with Gasteiger partial charge in [0, 0.05) is 18.4 Å². The van der Waals surface area contributed by atoms with E-state index in [0.29, 0.717) is 43.5 Å². The fourth-order valence-electron chi connectivity index (χ4n) is 3.12. The predicted molar refractivity (Wildman–Crippen MR) is 100.0 cm³/mol. The van der Waals surface area contributed by atoms with E-state index in [0.717, 1.165) is 29.9 Å². The summed E-state index contributed by atoms with van der Waals surface area (Å²) in [5.41, 5.74) is 1.50. The molecular formula is C21H23NO5. The Bertz CT molecular complexity index is 835. The van der Waals surface area contributed by atoms with Gasteiger partial charge in [0.05, 0.1) is 32.5 Å². The van der Waals surface area contributed by atoms with Crippen LogP contribution in [0, 0.1) is 0 Å². The van der Waals surface area contributed by atoms with Gasteiger partial charge in [-0.1, -0.05) is 6.07 Å². The molecule has 2 aromatic rings. The van der Waals surface area contributed by atoms with Crippen LogP contribution in [0.4, 0.5) is 0 Å². The maximum atomic E-state index is 12.7. The van der Waals surface area contributed by atoms with E-state index in [1.165, 1.54) is 0 Å². The molecule has 4 rings (SSSR count). The molecule has 0 fully saturated rings. The quantitative estimate of drug-likeness (QED) is 0.897. The summed E-state index contributed by atoms with van der Waals surface area (Å²) < 4.78 is 22.7. The standard InChI is InChI=1S/C21H23NO5/c1-14(15-4-6-17-19(12-15)26-10-2-8-24-17)22-21(23)16-5-7-18-20(13-16)27-11-3-9-25-18/h4-7,12-14H,2-3,8-11H2,1H3,(H,22,23). The average molecular weight is 369 g/mol. The van der Waals surface area contributed by atoms with Crippen molar-refractivity contribution in [3.05, 3.63) is 47.5 Å². The first kappa shape index (κ1) is 17.5. The van der Waals surface area contributed by atoms with Crippen LogP contribution in [0.5, 0.6) is 23.0 Å². The number of nitrogens with one attached hydrogen (secondary N) is 1. The molecular weight excluding hydrogens is 346 g/mol. The van der Waals surface area contributed by atoms with Crippen LogP contribution < -0.4 is 24.3 Å². The van der Waals surface area contributed by atoms with Gasteiger partial charge in [-0.05, 0) is 42.8 Å². The molecule has 2 aliphatic heterocycles. The van der Waals surface area contributed by atoms with E-state index in [9.17, 15) is 4.79 Å². The number of benzene rings is 2. The third-order valence-electron chi connectivity index (χ3n) is 4.63.